The fraction of sp³-hybridized carbons (Fsp3) is 0.0714. The summed E-state index contributed by atoms with van der Waals surface area (Å²) in [4.78, 5) is 20.0. The number of pyridine rings is 2. The van der Waals surface area contributed by atoms with Gasteiger partial charge in [-0.3, -0.25) is 9.78 Å². The fourth-order valence-electron chi connectivity index (χ4n) is 4.28. The molecule has 3 aromatic carbocycles. The monoisotopic (exact) mass is 526 g/mol. The number of halogens is 1. The summed E-state index contributed by atoms with van der Waals surface area (Å²) in [6, 6.07) is 24.1. The third-order valence-electron chi connectivity index (χ3n) is 5.88. The average molecular weight is 527 g/mol. The van der Waals surface area contributed by atoms with Crippen LogP contribution in [0.25, 0.3) is 16.6 Å². The van der Waals surface area contributed by atoms with Crippen molar-refractivity contribution in [1.82, 2.24) is 9.55 Å². The van der Waals surface area contributed by atoms with Gasteiger partial charge in [0, 0.05) is 50.4 Å². The van der Waals surface area contributed by atoms with Crippen molar-refractivity contribution in [2.45, 2.75) is 22.8 Å². The molecule has 0 fully saturated rings. The molecule has 0 radical (unpaired) electrons. The van der Waals surface area contributed by atoms with Crippen molar-refractivity contribution in [2.24, 2.45) is 0 Å². The van der Waals surface area contributed by atoms with E-state index < -0.39 is 0 Å². The first-order valence-electron chi connectivity index (χ1n) is 10.9. The van der Waals surface area contributed by atoms with Crippen LogP contribution in [0.2, 0.25) is 0 Å². The number of benzene rings is 3. The SMILES string of the molecule is O=c1c(Cc2ccccc2)cn2c3c(cc(OCc4cccnc4)cc13)Sc1ccc(Br)cc1-2. The second kappa shape index (κ2) is 8.78. The van der Waals surface area contributed by atoms with Crippen molar-refractivity contribution in [3.8, 4) is 11.4 Å². The van der Waals surface area contributed by atoms with E-state index in [4.69, 9.17) is 4.74 Å². The van der Waals surface area contributed by atoms with Crippen molar-refractivity contribution in [3.05, 3.63) is 123 Å². The minimum Gasteiger partial charge on any atom is -0.489 e. The van der Waals surface area contributed by atoms with Crippen LogP contribution in [0, 0.1) is 0 Å². The van der Waals surface area contributed by atoms with Crippen LogP contribution in [0.15, 0.2) is 110 Å². The molecule has 0 amide bonds. The zero-order valence-corrected chi connectivity index (χ0v) is 20.5. The molecule has 0 unspecified atom stereocenters. The highest BCUT2D eigenvalue weighted by atomic mass is 79.9. The predicted octanol–water partition coefficient (Wildman–Crippen LogP) is 6.78. The molecule has 0 atom stereocenters. The van der Waals surface area contributed by atoms with Gasteiger partial charge in [-0.2, -0.15) is 0 Å². The Morgan fingerprint density at radius 2 is 1.79 bits per heavy atom. The molecular formula is C28H19BrN2O2S. The van der Waals surface area contributed by atoms with Crippen molar-refractivity contribution in [1.29, 1.82) is 0 Å². The smallest absolute Gasteiger partial charge is 0.193 e. The largest absolute Gasteiger partial charge is 0.489 e. The summed E-state index contributed by atoms with van der Waals surface area (Å²) in [7, 11) is 0. The molecular weight excluding hydrogens is 508 g/mol. The molecule has 5 aromatic rings. The van der Waals surface area contributed by atoms with Gasteiger partial charge in [0.2, 0.25) is 0 Å². The van der Waals surface area contributed by atoms with Gasteiger partial charge < -0.3 is 9.30 Å². The number of ether oxygens (including phenoxy) is 1. The molecule has 0 aliphatic carbocycles. The summed E-state index contributed by atoms with van der Waals surface area (Å²) in [6.45, 7) is 0.394. The van der Waals surface area contributed by atoms with E-state index >= 15 is 0 Å². The molecule has 0 spiro atoms. The van der Waals surface area contributed by atoms with E-state index in [0.29, 0.717) is 24.2 Å². The standard InChI is InChI=1S/C28H19BrN2O2S/c29-21-8-9-25-24(12-21)31-16-20(11-18-5-2-1-3-6-18)28(32)23-13-22(14-26(34-25)27(23)31)33-17-19-7-4-10-30-15-19/h1-10,12-16H,11,17H2. The summed E-state index contributed by atoms with van der Waals surface area (Å²) < 4.78 is 9.28. The zero-order valence-electron chi connectivity index (χ0n) is 18.1. The molecule has 1 aliphatic heterocycles. The van der Waals surface area contributed by atoms with Crippen LogP contribution >= 0.6 is 27.7 Å². The fourth-order valence-corrected chi connectivity index (χ4v) is 5.75. The Labute approximate surface area is 209 Å². The Bertz CT molecular complexity index is 1580. The van der Waals surface area contributed by atoms with Gasteiger partial charge in [0.15, 0.2) is 5.43 Å². The van der Waals surface area contributed by atoms with Crippen LogP contribution in [-0.2, 0) is 13.0 Å². The molecule has 6 rings (SSSR count). The summed E-state index contributed by atoms with van der Waals surface area (Å²) >= 11 is 5.28. The van der Waals surface area contributed by atoms with Gasteiger partial charge >= 0.3 is 0 Å². The number of nitrogens with zero attached hydrogens (tertiary/aromatic N) is 2. The molecule has 4 nitrogen and oxygen atoms in total. The van der Waals surface area contributed by atoms with E-state index in [1.54, 1.807) is 24.2 Å². The molecule has 3 heterocycles. The molecule has 166 valence electrons. The molecule has 0 bridgehead atoms. The van der Waals surface area contributed by atoms with Crippen LogP contribution in [0.4, 0.5) is 0 Å². The maximum absolute atomic E-state index is 13.7. The van der Waals surface area contributed by atoms with E-state index in [2.05, 4.69) is 49.7 Å². The maximum Gasteiger partial charge on any atom is 0.193 e. The minimum absolute atomic E-state index is 0.0437. The van der Waals surface area contributed by atoms with Gasteiger partial charge in [-0.1, -0.05) is 64.1 Å². The lowest BCUT2D eigenvalue weighted by Gasteiger charge is -2.24. The first-order chi connectivity index (χ1) is 16.7. The molecule has 1 aliphatic rings. The van der Waals surface area contributed by atoms with Crippen LogP contribution in [-0.4, -0.2) is 9.55 Å². The lowest BCUT2D eigenvalue weighted by Crippen LogP contribution is -2.17. The van der Waals surface area contributed by atoms with E-state index in [1.165, 1.54) is 0 Å². The summed E-state index contributed by atoms with van der Waals surface area (Å²) in [6.07, 6.45) is 6.11. The van der Waals surface area contributed by atoms with Crippen LogP contribution < -0.4 is 10.2 Å². The summed E-state index contributed by atoms with van der Waals surface area (Å²) in [5.74, 6) is 0.680. The van der Waals surface area contributed by atoms with Gasteiger partial charge in [-0.05, 0) is 42.0 Å². The molecule has 34 heavy (non-hydrogen) atoms. The first kappa shape index (κ1) is 21.2. The molecule has 6 heteroatoms. The van der Waals surface area contributed by atoms with Gasteiger partial charge in [-0.15, -0.1) is 0 Å². The Hall–Kier alpha value is -3.35. The number of aromatic nitrogens is 2. The van der Waals surface area contributed by atoms with Gasteiger partial charge in [-0.25, -0.2) is 0 Å². The van der Waals surface area contributed by atoms with Gasteiger partial charge in [0.1, 0.15) is 12.4 Å². The Balaban J connectivity index is 1.52. The maximum atomic E-state index is 13.7. The van der Waals surface area contributed by atoms with Crippen molar-refractivity contribution in [3.63, 3.8) is 0 Å². The molecule has 0 saturated heterocycles. The van der Waals surface area contributed by atoms with Crippen molar-refractivity contribution in [2.75, 3.05) is 0 Å². The average Bonchev–Trinajstić information content (AvgIpc) is 2.87. The minimum atomic E-state index is 0.0437. The van der Waals surface area contributed by atoms with E-state index in [0.717, 1.165) is 42.2 Å². The highest BCUT2D eigenvalue weighted by Gasteiger charge is 2.23. The van der Waals surface area contributed by atoms with Crippen molar-refractivity contribution >= 4 is 38.6 Å². The normalized spacial score (nSPS) is 11.9. The zero-order chi connectivity index (χ0) is 23.1. The quantitative estimate of drug-likeness (QED) is 0.248. The second-order valence-electron chi connectivity index (χ2n) is 8.20. The molecule has 0 N–H and O–H groups in total. The third kappa shape index (κ3) is 3.93. The van der Waals surface area contributed by atoms with Crippen LogP contribution in [0.5, 0.6) is 5.75 Å². The Morgan fingerprint density at radius 3 is 2.62 bits per heavy atom. The van der Waals surface area contributed by atoms with Crippen LogP contribution in [0.1, 0.15) is 16.7 Å². The van der Waals surface area contributed by atoms with E-state index in [9.17, 15) is 4.79 Å². The van der Waals surface area contributed by atoms with Crippen molar-refractivity contribution < 1.29 is 4.74 Å². The summed E-state index contributed by atoms with van der Waals surface area (Å²) in [5, 5.41) is 0.672. The first-order valence-corrected chi connectivity index (χ1v) is 12.5. The number of rotatable bonds is 5. The number of fused-ring (bicyclic) bond motifs is 2. The number of hydrogen-bond acceptors (Lipinski definition) is 4. The Morgan fingerprint density at radius 1 is 0.941 bits per heavy atom. The van der Waals surface area contributed by atoms with Gasteiger partial charge in [0.05, 0.1) is 16.6 Å². The highest BCUT2D eigenvalue weighted by Crippen LogP contribution is 2.44. The van der Waals surface area contributed by atoms with E-state index in [1.807, 2.05) is 54.7 Å². The highest BCUT2D eigenvalue weighted by molar-refractivity contribution is 9.10. The van der Waals surface area contributed by atoms with E-state index in [-0.39, 0.29) is 5.43 Å². The lowest BCUT2D eigenvalue weighted by molar-refractivity contribution is 0.305. The topological polar surface area (TPSA) is 44.1 Å². The van der Waals surface area contributed by atoms with Crippen LogP contribution in [0.3, 0.4) is 0 Å². The Kier molecular flexibility index (Phi) is 5.47. The number of hydrogen-bond donors (Lipinski definition) is 0. The molecule has 0 saturated carbocycles. The second-order valence-corrected chi connectivity index (χ2v) is 10.2. The lowest BCUT2D eigenvalue weighted by atomic mass is 10.0. The third-order valence-corrected chi connectivity index (χ3v) is 7.47. The predicted molar refractivity (Wildman–Crippen MR) is 139 cm³/mol. The summed E-state index contributed by atoms with van der Waals surface area (Å²) in [5.41, 5.74) is 4.88. The van der Waals surface area contributed by atoms with Gasteiger partial charge in [0.25, 0.3) is 0 Å². The molecule has 2 aromatic heterocycles.